The first-order chi connectivity index (χ1) is 24.3. The fraction of sp³-hybridized carbons (Fsp3) is 0.410. The van der Waals surface area contributed by atoms with Gasteiger partial charge in [0.2, 0.25) is 0 Å². The molecule has 0 saturated heterocycles. The van der Waals surface area contributed by atoms with Crippen molar-refractivity contribution in [2.75, 3.05) is 23.4 Å². The molecule has 4 bridgehead atoms. The number of carboxylic acids is 1. The Morgan fingerprint density at radius 1 is 0.961 bits per heavy atom. The minimum absolute atomic E-state index is 0.0475. The number of pyridine rings is 1. The van der Waals surface area contributed by atoms with Gasteiger partial charge in [0, 0.05) is 28.9 Å². The Morgan fingerprint density at radius 2 is 1.75 bits per heavy atom. The van der Waals surface area contributed by atoms with E-state index < -0.39 is 11.6 Å². The molecule has 2 unspecified atom stereocenters. The number of fused-ring (bicyclic) bond motifs is 2. The number of aliphatic hydroxyl groups is 1. The van der Waals surface area contributed by atoms with Crippen molar-refractivity contribution >= 4 is 44.4 Å². The standard InChI is InChI=1S/C39H40N6O5S/c1-23-26(15-40-45(23)22-38-17-36(2)16-37(3,18-38)20-39(49,19-36)21-38)25-9-10-27(41-32(25)33(46)47)24-8-11-30-29(14-24)44(12-13-50-30)35(48)43-34-42-28-6-4-5-7-31(28)51-34/h4-11,14-15,49H,12-13,16-22H2,1-3H3,(H,46,47)(H,42,43,48). The second-order valence-electron chi connectivity index (χ2n) is 16.2. The highest BCUT2D eigenvalue weighted by molar-refractivity contribution is 7.22. The molecule has 11 nitrogen and oxygen atoms in total. The Labute approximate surface area is 299 Å². The second kappa shape index (κ2) is 11.1. The molecule has 10 rings (SSSR count). The summed E-state index contributed by atoms with van der Waals surface area (Å²) in [5, 5.41) is 30.2. The first kappa shape index (κ1) is 32.1. The number of amides is 2. The smallest absolute Gasteiger partial charge is 0.355 e. The molecule has 51 heavy (non-hydrogen) atoms. The molecule has 4 fully saturated rings. The third-order valence-electron chi connectivity index (χ3n) is 11.5. The third-order valence-corrected chi connectivity index (χ3v) is 12.5. The van der Waals surface area contributed by atoms with Gasteiger partial charge in [0.1, 0.15) is 12.4 Å². The van der Waals surface area contributed by atoms with Gasteiger partial charge in [-0.2, -0.15) is 5.10 Å². The van der Waals surface area contributed by atoms with Crippen LogP contribution >= 0.6 is 11.3 Å². The summed E-state index contributed by atoms with van der Waals surface area (Å²) in [7, 11) is 0. The lowest BCUT2D eigenvalue weighted by Gasteiger charge is -2.68. The number of rotatable bonds is 6. The predicted molar refractivity (Wildman–Crippen MR) is 195 cm³/mol. The molecule has 4 heterocycles. The van der Waals surface area contributed by atoms with Gasteiger partial charge in [-0.3, -0.25) is 14.9 Å². The molecule has 3 N–H and O–H groups in total. The van der Waals surface area contributed by atoms with Crippen LogP contribution in [-0.2, 0) is 6.54 Å². The van der Waals surface area contributed by atoms with Crippen molar-refractivity contribution in [3.05, 3.63) is 72.2 Å². The van der Waals surface area contributed by atoms with E-state index in [-0.39, 0.29) is 28.0 Å². The number of urea groups is 1. The number of aromatic carboxylic acids is 1. The van der Waals surface area contributed by atoms with Crippen molar-refractivity contribution in [2.45, 2.75) is 71.4 Å². The molecular weight excluding hydrogens is 665 g/mol. The SMILES string of the molecule is Cc1c(-c2ccc(-c3ccc4c(c3)N(C(=O)Nc3nc5ccccc5s3)CCO4)nc2C(=O)O)cnn1CC12CC3(C)CC(C)(CC(O)(C3)C1)C2. The van der Waals surface area contributed by atoms with Crippen LogP contribution in [0.3, 0.4) is 0 Å². The summed E-state index contributed by atoms with van der Waals surface area (Å²) < 4.78 is 8.87. The monoisotopic (exact) mass is 704 g/mol. The summed E-state index contributed by atoms with van der Waals surface area (Å²) in [5.74, 6) is -0.585. The van der Waals surface area contributed by atoms with E-state index in [0.717, 1.165) is 60.0 Å². The number of hydrogen-bond acceptors (Lipinski definition) is 8. The van der Waals surface area contributed by atoms with Crippen LogP contribution < -0.4 is 15.0 Å². The second-order valence-corrected chi connectivity index (χ2v) is 17.2. The van der Waals surface area contributed by atoms with Gasteiger partial charge >= 0.3 is 12.0 Å². The van der Waals surface area contributed by atoms with E-state index in [1.807, 2.05) is 54.1 Å². The van der Waals surface area contributed by atoms with E-state index in [9.17, 15) is 19.8 Å². The molecule has 2 amide bonds. The number of aromatic nitrogens is 4. The van der Waals surface area contributed by atoms with Gasteiger partial charge in [0.15, 0.2) is 10.8 Å². The van der Waals surface area contributed by atoms with E-state index in [2.05, 4.69) is 29.1 Å². The van der Waals surface area contributed by atoms with Crippen LogP contribution in [0.15, 0.2) is 60.8 Å². The van der Waals surface area contributed by atoms with E-state index in [0.29, 0.717) is 53.1 Å². The summed E-state index contributed by atoms with van der Waals surface area (Å²) in [6.07, 6.45) is 7.55. The third kappa shape index (κ3) is 5.47. The number of benzene rings is 2. The Hall–Kier alpha value is -4.81. The Kier molecular flexibility index (Phi) is 6.99. The van der Waals surface area contributed by atoms with Gasteiger partial charge in [0.05, 0.1) is 39.9 Å². The molecule has 12 heteroatoms. The number of carbonyl (C=O) groups excluding carboxylic acids is 1. The van der Waals surface area contributed by atoms with Gasteiger partial charge < -0.3 is 14.9 Å². The van der Waals surface area contributed by atoms with Crippen molar-refractivity contribution in [3.63, 3.8) is 0 Å². The first-order valence-electron chi connectivity index (χ1n) is 17.5. The lowest BCUT2D eigenvalue weighted by atomic mass is 9.39. The van der Waals surface area contributed by atoms with Crippen LogP contribution in [0.25, 0.3) is 32.6 Å². The van der Waals surface area contributed by atoms with Gasteiger partial charge in [-0.25, -0.2) is 19.6 Å². The van der Waals surface area contributed by atoms with Gasteiger partial charge in [-0.15, -0.1) is 0 Å². The van der Waals surface area contributed by atoms with Gasteiger partial charge in [0.25, 0.3) is 0 Å². The number of carbonyl (C=O) groups is 2. The summed E-state index contributed by atoms with van der Waals surface area (Å²) >= 11 is 1.41. The highest BCUT2D eigenvalue weighted by Gasteiger charge is 2.65. The number of ether oxygens (including phenoxy) is 1. The minimum Gasteiger partial charge on any atom is -0.490 e. The molecule has 262 valence electrons. The summed E-state index contributed by atoms with van der Waals surface area (Å²) in [4.78, 5) is 37.0. The van der Waals surface area contributed by atoms with Crippen LogP contribution in [0, 0.1) is 23.2 Å². The number of anilines is 2. The van der Waals surface area contributed by atoms with Crippen molar-refractivity contribution < 1.29 is 24.5 Å². The minimum atomic E-state index is -1.14. The maximum Gasteiger partial charge on any atom is 0.355 e. The Morgan fingerprint density at radius 3 is 2.49 bits per heavy atom. The predicted octanol–water partition coefficient (Wildman–Crippen LogP) is 7.77. The highest BCUT2D eigenvalue weighted by atomic mass is 32.1. The molecule has 5 aliphatic rings. The van der Waals surface area contributed by atoms with Crippen LogP contribution in [0.1, 0.15) is 68.6 Å². The summed E-state index contributed by atoms with van der Waals surface area (Å²) in [6.45, 7) is 8.02. The molecule has 2 aromatic carbocycles. The normalized spacial score (nSPS) is 27.7. The Balaban J connectivity index is 0.999. The van der Waals surface area contributed by atoms with Crippen LogP contribution in [0.5, 0.6) is 5.75 Å². The number of carboxylic acid groups (broad SMARTS) is 1. The molecular formula is C39H40N6O5S. The fourth-order valence-electron chi connectivity index (χ4n) is 10.9. The maximum absolute atomic E-state index is 13.5. The summed E-state index contributed by atoms with van der Waals surface area (Å²) in [5.41, 5.74) is 4.10. The lowest BCUT2D eigenvalue weighted by Crippen LogP contribution is -2.63. The maximum atomic E-state index is 13.5. The zero-order chi connectivity index (χ0) is 35.3. The largest absolute Gasteiger partial charge is 0.490 e. The zero-order valence-electron chi connectivity index (χ0n) is 28.9. The lowest BCUT2D eigenvalue weighted by molar-refractivity contribution is -0.229. The highest BCUT2D eigenvalue weighted by Crippen LogP contribution is 2.71. The number of hydrogen-bond donors (Lipinski definition) is 3. The zero-order valence-corrected chi connectivity index (χ0v) is 29.7. The quantitative estimate of drug-likeness (QED) is 0.163. The molecule has 2 atom stereocenters. The van der Waals surface area contributed by atoms with Gasteiger partial charge in [-0.1, -0.05) is 37.3 Å². The van der Waals surface area contributed by atoms with Crippen molar-refractivity contribution in [1.29, 1.82) is 0 Å². The molecule has 1 aliphatic heterocycles. The molecule has 0 radical (unpaired) electrons. The summed E-state index contributed by atoms with van der Waals surface area (Å²) in [6, 6.07) is 16.4. The molecule has 5 aromatic rings. The number of thiazole rings is 1. The van der Waals surface area contributed by atoms with Crippen molar-refractivity contribution in [1.82, 2.24) is 19.7 Å². The van der Waals surface area contributed by atoms with E-state index in [1.165, 1.54) is 11.3 Å². The van der Waals surface area contributed by atoms with Crippen LogP contribution in [0.2, 0.25) is 0 Å². The number of nitrogens with one attached hydrogen (secondary N) is 1. The average Bonchev–Trinajstić information content (AvgIpc) is 3.63. The number of para-hydroxylation sites is 1. The topological polar surface area (TPSA) is 143 Å². The van der Waals surface area contributed by atoms with Crippen LogP contribution in [0.4, 0.5) is 15.6 Å². The first-order valence-corrected chi connectivity index (χ1v) is 18.3. The molecule has 0 spiro atoms. The van der Waals surface area contributed by atoms with E-state index >= 15 is 0 Å². The van der Waals surface area contributed by atoms with E-state index in [4.69, 9.17) is 9.84 Å². The fourth-order valence-corrected chi connectivity index (χ4v) is 11.8. The van der Waals surface area contributed by atoms with Gasteiger partial charge in [-0.05, 0) is 104 Å². The van der Waals surface area contributed by atoms with E-state index in [1.54, 1.807) is 23.2 Å². The average molecular weight is 705 g/mol. The molecule has 3 aromatic heterocycles. The van der Waals surface area contributed by atoms with Crippen LogP contribution in [-0.4, -0.2) is 60.7 Å². The van der Waals surface area contributed by atoms with Crippen molar-refractivity contribution in [3.8, 4) is 28.1 Å². The molecule has 4 aliphatic carbocycles. The molecule has 4 saturated carbocycles. The Bertz CT molecular complexity index is 2170. The van der Waals surface area contributed by atoms with Crippen molar-refractivity contribution in [2.24, 2.45) is 16.2 Å². The number of nitrogens with zero attached hydrogens (tertiary/aromatic N) is 5.